The molecule has 1 heterocycles. The van der Waals surface area contributed by atoms with Gasteiger partial charge in [-0.25, -0.2) is 0 Å². The van der Waals surface area contributed by atoms with E-state index in [4.69, 9.17) is 15.2 Å². The molecule has 0 aliphatic carbocycles. The van der Waals surface area contributed by atoms with Gasteiger partial charge in [0.05, 0.1) is 12.8 Å². The summed E-state index contributed by atoms with van der Waals surface area (Å²) in [5, 5.41) is 0. The Bertz CT molecular complexity index is 531. The fraction of sp³-hybridized carbons (Fsp3) is 0.312. The maximum absolute atomic E-state index is 6.17. The zero-order valence-electron chi connectivity index (χ0n) is 11.8. The minimum atomic E-state index is -0.270. The summed E-state index contributed by atoms with van der Waals surface area (Å²) in [7, 11) is 1.63. The van der Waals surface area contributed by atoms with Crippen LogP contribution in [0.5, 0.6) is 11.5 Å². The van der Waals surface area contributed by atoms with E-state index in [9.17, 15) is 0 Å². The van der Waals surface area contributed by atoms with Gasteiger partial charge < -0.3 is 15.2 Å². The summed E-state index contributed by atoms with van der Waals surface area (Å²) in [4.78, 5) is 4.35. The van der Waals surface area contributed by atoms with Crippen molar-refractivity contribution in [1.29, 1.82) is 0 Å². The van der Waals surface area contributed by atoms with Crippen molar-refractivity contribution in [3.8, 4) is 11.5 Å². The number of pyridine rings is 1. The number of nitrogens with zero attached hydrogens (tertiary/aromatic N) is 1. The SMILES string of the molecule is CCC(N)C(Oc1cccc(OC)c1)c1ccccn1. The van der Waals surface area contributed by atoms with Crippen LogP contribution in [-0.4, -0.2) is 18.1 Å². The molecule has 2 atom stereocenters. The lowest BCUT2D eigenvalue weighted by atomic mass is 10.1. The van der Waals surface area contributed by atoms with Gasteiger partial charge in [0.2, 0.25) is 0 Å². The van der Waals surface area contributed by atoms with Crippen LogP contribution in [-0.2, 0) is 0 Å². The van der Waals surface area contributed by atoms with Crippen molar-refractivity contribution < 1.29 is 9.47 Å². The van der Waals surface area contributed by atoms with Gasteiger partial charge in [-0.3, -0.25) is 4.98 Å². The third-order valence-corrected chi connectivity index (χ3v) is 3.14. The number of hydrogen-bond acceptors (Lipinski definition) is 4. The van der Waals surface area contributed by atoms with E-state index in [1.807, 2.05) is 49.4 Å². The molecule has 2 N–H and O–H groups in total. The van der Waals surface area contributed by atoms with Crippen molar-refractivity contribution in [2.75, 3.05) is 7.11 Å². The molecule has 0 saturated carbocycles. The van der Waals surface area contributed by atoms with E-state index in [1.165, 1.54) is 0 Å². The Balaban J connectivity index is 2.24. The van der Waals surface area contributed by atoms with E-state index in [2.05, 4.69) is 4.98 Å². The van der Waals surface area contributed by atoms with Crippen LogP contribution in [0.3, 0.4) is 0 Å². The van der Waals surface area contributed by atoms with Gasteiger partial charge in [0.1, 0.15) is 11.5 Å². The molecular weight excluding hydrogens is 252 g/mol. The predicted octanol–water partition coefficient (Wildman–Crippen LogP) is 2.95. The summed E-state index contributed by atoms with van der Waals surface area (Å²) in [5.41, 5.74) is 7.01. The minimum Gasteiger partial charge on any atom is -0.497 e. The molecule has 20 heavy (non-hydrogen) atoms. The van der Waals surface area contributed by atoms with Crippen LogP contribution in [0, 0.1) is 0 Å². The summed E-state index contributed by atoms with van der Waals surface area (Å²) in [6.45, 7) is 2.04. The molecule has 1 aromatic carbocycles. The van der Waals surface area contributed by atoms with E-state index >= 15 is 0 Å². The van der Waals surface area contributed by atoms with Crippen molar-refractivity contribution >= 4 is 0 Å². The fourth-order valence-corrected chi connectivity index (χ4v) is 1.95. The second kappa shape index (κ2) is 6.91. The van der Waals surface area contributed by atoms with Crippen LogP contribution in [0.2, 0.25) is 0 Å². The summed E-state index contributed by atoms with van der Waals surface area (Å²) >= 11 is 0. The molecule has 0 bridgehead atoms. The van der Waals surface area contributed by atoms with Gasteiger partial charge >= 0.3 is 0 Å². The Morgan fingerprint density at radius 2 is 1.95 bits per heavy atom. The van der Waals surface area contributed by atoms with Crippen LogP contribution >= 0.6 is 0 Å². The first-order chi connectivity index (χ1) is 9.74. The van der Waals surface area contributed by atoms with Gasteiger partial charge in [-0.2, -0.15) is 0 Å². The molecule has 0 amide bonds. The standard InChI is InChI=1S/C16H20N2O2/c1-3-14(17)16(15-9-4-5-10-18-15)20-13-8-6-7-12(11-13)19-2/h4-11,14,16H,3,17H2,1-2H3. The third kappa shape index (κ3) is 3.48. The molecule has 1 aromatic heterocycles. The van der Waals surface area contributed by atoms with Gasteiger partial charge in [0, 0.05) is 18.3 Å². The van der Waals surface area contributed by atoms with Gasteiger partial charge in [-0.1, -0.05) is 19.1 Å². The van der Waals surface area contributed by atoms with Gasteiger partial charge in [-0.05, 0) is 30.7 Å². The van der Waals surface area contributed by atoms with Crippen LogP contribution in [0.15, 0.2) is 48.7 Å². The quantitative estimate of drug-likeness (QED) is 0.878. The molecule has 0 aliphatic heterocycles. The van der Waals surface area contributed by atoms with Crippen molar-refractivity contribution in [3.05, 3.63) is 54.4 Å². The minimum absolute atomic E-state index is 0.115. The van der Waals surface area contributed by atoms with Gasteiger partial charge in [0.25, 0.3) is 0 Å². The first-order valence-corrected chi connectivity index (χ1v) is 6.71. The molecule has 2 unspecified atom stereocenters. The molecule has 0 aliphatic rings. The molecule has 4 heteroatoms. The molecule has 0 spiro atoms. The zero-order valence-corrected chi connectivity index (χ0v) is 11.8. The highest BCUT2D eigenvalue weighted by Gasteiger charge is 2.21. The molecule has 0 saturated heterocycles. The summed E-state index contributed by atoms with van der Waals surface area (Å²) in [6.07, 6.45) is 2.29. The van der Waals surface area contributed by atoms with E-state index in [0.717, 1.165) is 23.6 Å². The Kier molecular flexibility index (Phi) is 4.96. The molecule has 4 nitrogen and oxygen atoms in total. The second-order valence-electron chi connectivity index (χ2n) is 4.54. The lowest BCUT2D eigenvalue weighted by Gasteiger charge is -2.24. The van der Waals surface area contributed by atoms with E-state index in [1.54, 1.807) is 13.3 Å². The topological polar surface area (TPSA) is 57.4 Å². The third-order valence-electron chi connectivity index (χ3n) is 3.14. The zero-order chi connectivity index (χ0) is 14.4. The van der Waals surface area contributed by atoms with Crippen molar-refractivity contribution in [1.82, 2.24) is 4.98 Å². The maximum Gasteiger partial charge on any atom is 0.155 e. The van der Waals surface area contributed by atoms with Crippen LogP contribution in [0.1, 0.15) is 25.1 Å². The number of methoxy groups -OCH3 is 1. The lowest BCUT2D eigenvalue weighted by Crippen LogP contribution is -2.32. The molecule has 106 valence electrons. The number of rotatable bonds is 6. The van der Waals surface area contributed by atoms with E-state index in [0.29, 0.717) is 0 Å². The number of nitrogens with two attached hydrogens (primary N) is 1. The fourth-order valence-electron chi connectivity index (χ4n) is 1.95. The second-order valence-corrected chi connectivity index (χ2v) is 4.54. The maximum atomic E-state index is 6.17. The largest absolute Gasteiger partial charge is 0.497 e. The van der Waals surface area contributed by atoms with Crippen LogP contribution in [0.25, 0.3) is 0 Å². The number of benzene rings is 1. The highest BCUT2D eigenvalue weighted by molar-refractivity contribution is 5.33. The Morgan fingerprint density at radius 1 is 1.15 bits per heavy atom. The first kappa shape index (κ1) is 14.3. The predicted molar refractivity (Wildman–Crippen MR) is 78.9 cm³/mol. The molecular formula is C16H20N2O2. The van der Waals surface area contributed by atoms with Gasteiger partial charge in [0.15, 0.2) is 6.10 Å². The number of ether oxygens (including phenoxy) is 2. The smallest absolute Gasteiger partial charge is 0.155 e. The van der Waals surface area contributed by atoms with E-state index in [-0.39, 0.29) is 12.1 Å². The summed E-state index contributed by atoms with van der Waals surface area (Å²) in [5.74, 6) is 1.48. The van der Waals surface area contributed by atoms with E-state index < -0.39 is 0 Å². The highest BCUT2D eigenvalue weighted by Crippen LogP contribution is 2.26. The van der Waals surface area contributed by atoms with Crippen molar-refractivity contribution in [3.63, 3.8) is 0 Å². The molecule has 0 radical (unpaired) electrons. The summed E-state index contributed by atoms with van der Waals surface area (Å²) < 4.78 is 11.2. The Hall–Kier alpha value is -2.07. The van der Waals surface area contributed by atoms with Gasteiger partial charge in [-0.15, -0.1) is 0 Å². The first-order valence-electron chi connectivity index (χ1n) is 6.71. The summed E-state index contributed by atoms with van der Waals surface area (Å²) in [6, 6.07) is 13.1. The Morgan fingerprint density at radius 3 is 2.60 bits per heavy atom. The number of aromatic nitrogens is 1. The Labute approximate surface area is 119 Å². The highest BCUT2D eigenvalue weighted by atomic mass is 16.5. The average Bonchev–Trinajstić information content (AvgIpc) is 2.53. The molecule has 2 aromatic rings. The molecule has 0 fully saturated rings. The normalized spacial score (nSPS) is 13.6. The lowest BCUT2D eigenvalue weighted by molar-refractivity contribution is 0.166. The average molecular weight is 272 g/mol. The van der Waals surface area contributed by atoms with Crippen molar-refractivity contribution in [2.45, 2.75) is 25.5 Å². The van der Waals surface area contributed by atoms with Crippen molar-refractivity contribution in [2.24, 2.45) is 5.73 Å². The molecule has 2 rings (SSSR count). The number of hydrogen-bond donors (Lipinski definition) is 1. The monoisotopic (exact) mass is 272 g/mol. The van der Waals surface area contributed by atoms with Crippen LogP contribution in [0.4, 0.5) is 0 Å². The van der Waals surface area contributed by atoms with Crippen LogP contribution < -0.4 is 15.2 Å².